The SMILES string of the molecule is CCNC1CCCc2c(OC3CCCOC3)cccc21. The van der Waals surface area contributed by atoms with Gasteiger partial charge in [-0.1, -0.05) is 19.1 Å². The number of ether oxygens (including phenoxy) is 2. The molecule has 3 rings (SSSR count). The van der Waals surface area contributed by atoms with Crippen LogP contribution in [0.25, 0.3) is 0 Å². The highest BCUT2D eigenvalue weighted by atomic mass is 16.5. The van der Waals surface area contributed by atoms with E-state index >= 15 is 0 Å². The molecule has 0 spiro atoms. The third-order valence-electron chi connectivity index (χ3n) is 4.33. The van der Waals surface area contributed by atoms with Gasteiger partial charge in [-0.25, -0.2) is 0 Å². The summed E-state index contributed by atoms with van der Waals surface area (Å²) < 4.78 is 11.7. The molecule has 0 aromatic heterocycles. The molecular formula is C17H25NO2. The highest BCUT2D eigenvalue weighted by Crippen LogP contribution is 2.36. The van der Waals surface area contributed by atoms with Crippen molar-refractivity contribution in [2.24, 2.45) is 0 Å². The van der Waals surface area contributed by atoms with Gasteiger partial charge in [-0.2, -0.15) is 0 Å². The number of hydrogen-bond donors (Lipinski definition) is 1. The summed E-state index contributed by atoms with van der Waals surface area (Å²) in [6.45, 7) is 4.81. The Morgan fingerprint density at radius 2 is 2.25 bits per heavy atom. The molecule has 1 aliphatic carbocycles. The summed E-state index contributed by atoms with van der Waals surface area (Å²) >= 11 is 0. The Morgan fingerprint density at radius 1 is 1.30 bits per heavy atom. The minimum atomic E-state index is 0.231. The Balaban J connectivity index is 1.79. The fraction of sp³-hybridized carbons (Fsp3) is 0.647. The van der Waals surface area contributed by atoms with Gasteiger partial charge in [0.1, 0.15) is 11.9 Å². The summed E-state index contributed by atoms with van der Waals surface area (Å²) in [7, 11) is 0. The minimum Gasteiger partial charge on any atom is -0.488 e. The Morgan fingerprint density at radius 3 is 3.05 bits per heavy atom. The maximum atomic E-state index is 6.23. The second-order valence-corrected chi connectivity index (χ2v) is 5.78. The van der Waals surface area contributed by atoms with E-state index in [0.29, 0.717) is 6.04 Å². The molecule has 1 aromatic carbocycles. The summed E-state index contributed by atoms with van der Waals surface area (Å²) in [5.41, 5.74) is 2.85. The van der Waals surface area contributed by atoms with Crippen LogP contribution < -0.4 is 10.1 Å². The first-order valence-electron chi connectivity index (χ1n) is 7.98. The molecule has 1 heterocycles. The maximum Gasteiger partial charge on any atom is 0.123 e. The van der Waals surface area contributed by atoms with E-state index in [-0.39, 0.29) is 6.10 Å². The molecule has 110 valence electrons. The lowest BCUT2D eigenvalue weighted by atomic mass is 9.87. The van der Waals surface area contributed by atoms with Gasteiger partial charge >= 0.3 is 0 Å². The average molecular weight is 275 g/mol. The molecule has 1 N–H and O–H groups in total. The summed E-state index contributed by atoms with van der Waals surface area (Å²) in [6.07, 6.45) is 6.07. The van der Waals surface area contributed by atoms with E-state index in [0.717, 1.165) is 44.8 Å². The smallest absolute Gasteiger partial charge is 0.123 e. The largest absolute Gasteiger partial charge is 0.488 e. The van der Waals surface area contributed by atoms with Gasteiger partial charge in [0, 0.05) is 12.6 Å². The van der Waals surface area contributed by atoms with Crippen molar-refractivity contribution in [1.29, 1.82) is 0 Å². The van der Waals surface area contributed by atoms with Crippen molar-refractivity contribution in [3.8, 4) is 5.75 Å². The Bertz CT molecular complexity index is 441. The zero-order valence-electron chi connectivity index (χ0n) is 12.4. The lowest BCUT2D eigenvalue weighted by molar-refractivity contribution is 0.00691. The number of fused-ring (bicyclic) bond motifs is 1. The van der Waals surface area contributed by atoms with Crippen LogP contribution in [0.3, 0.4) is 0 Å². The summed E-state index contributed by atoms with van der Waals surface area (Å²) in [5.74, 6) is 1.08. The first-order valence-corrected chi connectivity index (χ1v) is 7.98. The zero-order valence-corrected chi connectivity index (χ0v) is 12.4. The molecule has 0 radical (unpaired) electrons. The summed E-state index contributed by atoms with van der Waals surface area (Å²) in [5, 5.41) is 3.59. The lowest BCUT2D eigenvalue weighted by Gasteiger charge is -2.30. The number of benzene rings is 1. The highest BCUT2D eigenvalue weighted by Gasteiger charge is 2.24. The lowest BCUT2D eigenvalue weighted by Crippen LogP contribution is -2.29. The van der Waals surface area contributed by atoms with Gasteiger partial charge in [-0.05, 0) is 55.8 Å². The molecule has 2 aliphatic rings. The van der Waals surface area contributed by atoms with Gasteiger partial charge in [0.25, 0.3) is 0 Å². The average Bonchev–Trinajstić information content (AvgIpc) is 2.50. The summed E-state index contributed by atoms with van der Waals surface area (Å²) in [6, 6.07) is 7.01. The van der Waals surface area contributed by atoms with Gasteiger partial charge in [-0.3, -0.25) is 0 Å². The van der Waals surface area contributed by atoms with E-state index in [9.17, 15) is 0 Å². The Kier molecular flexibility index (Phi) is 4.58. The third kappa shape index (κ3) is 2.99. The van der Waals surface area contributed by atoms with Gasteiger partial charge in [-0.15, -0.1) is 0 Å². The van der Waals surface area contributed by atoms with Crippen LogP contribution >= 0.6 is 0 Å². The van der Waals surface area contributed by atoms with Gasteiger partial charge in [0.15, 0.2) is 0 Å². The number of rotatable bonds is 4. The van der Waals surface area contributed by atoms with Gasteiger partial charge < -0.3 is 14.8 Å². The highest BCUT2D eigenvalue weighted by molar-refractivity contribution is 5.43. The van der Waals surface area contributed by atoms with Crippen LogP contribution in [0.1, 0.15) is 49.8 Å². The predicted octanol–water partition coefficient (Wildman–Crippen LogP) is 3.23. The van der Waals surface area contributed by atoms with Crippen LogP contribution in [0.5, 0.6) is 5.75 Å². The van der Waals surface area contributed by atoms with Crippen LogP contribution in [-0.4, -0.2) is 25.9 Å². The first kappa shape index (κ1) is 13.9. The molecule has 3 heteroatoms. The van der Waals surface area contributed by atoms with Crippen molar-refractivity contribution in [1.82, 2.24) is 5.32 Å². The van der Waals surface area contributed by atoms with Crippen LogP contribution in [0.15, 0.2) is 18.2 Å². The van der Waals surface area contributed by atoms with Crippen molar-refractivity contribution in [2.45, 2.75) is 51.2 Å². The second-order valence-electron chi connectivity index (χ2n) is 5.78. The quantitative estimate of drug-likeness (QED) is 0.915. The van der Waals surface area contributed by atoms with Crippen LogP contribution in [0.4, 0.5) is 0 Å². The molecular weight excluding hydrogens is 250 g/mol. The first-order chi connectivity index (χ1) is 9.88. The van der Waals surface area contributed by atoms with Crippen molar-refractivity contribution >= 4 is 0 Å². The fourth-order valence-electron chi connectivity index (χ4n) is 3.37. The van der Waals surface area contributed by atoms with E-state index in [1.54, 1.807) is 0 Å². The maximum absolute atomic E-state index is 6.23. The van der Waals surface area contributed by atoms with E-state index < -0.39 is 0 Å². The molecule has 0 bridgehead atoms. The predicted molar refractivity (Wildman–Crippen MR) is 80.3 cm³/mol. The van der Waals surface area contributed by atoms with Crippen LogP contribution in [0, 0.1) is 0 Å². The molecule has 1 aromatic rings. The van der Waals surface area contributed by atoms with Crippen LogP contribution in [-0.2, 0) is 11.2 Å². The molecule has 20 heavy (non-hydrogen) atoms. The molecule has 0 saturated carbocycles. The Labute approximate surface area is 121 Å². The zero-order chi connectivity index (χ0) is 13.8. The molecule has 1 fully saturated rings. The summed E-state index contributed by atoms with van der Waals surface area (Å²) in [4.78, 5) is 0. The van der Waals surface area contributed by atoms with E-state index in [2.05, 4.69) is 30.4 Å². The monoisotopic (exact) mass is 275 g/mol. The number of hydrogen-bond acceptors (Lipinski definition) is 3. The normalized spacial score (nSPS) is 26.1. The molecule has 0 amide bonds. The molecule has 3 nitrogen and oxygen atoms in total. The Hall–Kier alpha value is -1.06. The molecule has 1 saturated heterocycles. The van der Waals surface area contributed by atoms with Crippen molar-refractivity contribution in [3.05, 3.63) is 29.3 Å². The third-order valence-corrected chi connectivity index (χ3v) is 4.33. The topological polar surface area (TPSA) is 30.5 Å². The molecule has 2 unspecified atom stereocenters. The van der Waals surface area contributed by atoms with Crippen molar-refractivity contribution < 1.29 is 9.47 Å². The van der Waals surface area contributed by atoms with Crippen molar-refractivity contribution in [3.63, 3.8) is 0 Å². The van der Waals surface area contributed by atoms with Crippen molar-refractivity contribution in [2.75, 3.05) is 19.8 Å². The van der Waals surface area contributed by atoms with E-state index in [4.69, 9.17) is 9.47 Å². The molecule has 1 aliphatic heterocycles. The standard InChI is InChI=1S/C17H25NO2/c1-2-18-16-9-3-8-15-14(16)7-4-10-17(15)20-13-6-5-11-19-12-13/h4,7,10,13,16,18H,2-3,5-6,8-9,11-12H2,1H3. The van der Waals surface area contributed by atoms with E-state index in [1.807, 2.05) is 0 Å². The number of nitrogens with one attached hydrogen (secondary N) is 1. The van der Waals surface area contributed by atoms with Crippen LogP contribution in [0.2, 0.25) is 0 Å². The van der Waals surface area contributed by atoms with Gasteiger partial charge in [0.05, 0.1) is 6.61 Å². The fourth-order valence-corrected chi connectivity index (χ4v) is 3.37. The minimum absolute atomic E-state index is 0.231. The second kappa shape index (κ2) is 6.59. The van der Waals surface area contributed by atoms with E-state index in [1.165, 1.54) is 24.0 Å². The van der Waals surface area contributed by atoms with Gasteiger partial charge in [0.2, 0.25) is 0 Å². The molecule has 2 atom stereocenters.